The number of hydrogen-bond acceptors (Lipinski definition) is 0. The van der Waals surface area contributed by atoms with Crippen LogP contribution < -0.4 is 0 Å². The van der Waals surface area contributed by atoms with Crippen molar-refractivity contribution in [3.8, 4) is 0 Å². The third-order valence-corrected chi connectivity index (χ3v) is 8.23. The first-order chi connectivity index (χ1) is 9.16. The summed E-state index contributed by atoms with van der Waals surface area (Å²) in [5, 5.41) is 0. The van der Waals surface area contributed by atoms with E-state index < -0.39 is 0 Å². The van der Waals surface area contributed by atoms with E-state index in [1.165, 1.54) is 0 Å². The van der Waals surface area contributed by atoms with Crippen molar-refractivity contribution in [3.05, 3.63) is 0 Å². The average molecular weight is 260 g/mol. The Morgan fingerprint density at radius 3 is 2.05 bits per heavy atom. The zero-order valence-corrected chi connectivity index (χ0v) is 13.1. The lowest BCUT2D eigenvalue weighted by Crippen LogP contribution is -2.54. The summed E-state index contributed by atoms with van der Waals surface area (Å²) in [5.74, 6) is 9.81. The van der Waals surface area contributed by atoms with Gasteiger partial charge in [0, 0.05) is 0 Å². The normalized spacial score (nSPS) is 60.5. The minimum absolute atomic E-state index is 1.00. The van der Waals surface area contributed by atoms with Crippen LogP contribution in [0.3, 0.4) is 0 Å². The van der Waals surface area contributed by atoms with Crippen LogP contribution in [-0.2, 0) is 0 Å². The molecule has 9 atom stereocenters. The van der Waals surface area contributed by atoms with Gasteiger partial charge in [0.2, 0.25) is 0 Å². The summed E-state index contributed by atoms with van der Waals surface area (Å²) in [7, 11) is 0. The van der Waals surface area contributed by atoms with Crippen molar-refractivity contribution >= 4 is 0 Å². The van der Waals surface area contributed by atoms with E-state index in [9.17, 15) is 0 Å². The molecule has 0 aromatic carbocycles. The summed E-state index contributed by atoms with van der Waals surface area (Å²) in [4.78, 5) is 0. The predicted molar refractivity (Wildman–Crippen MR) is 80.8 cm³/mol. The fourth-order valence-electron chi connectivity index (χ4n) is 7.18. The first kappa shape index (κ1) is 12.7. The minimum Gasteiger partial charge on any atom is -0.0622 e. The van der Waals surface area contributed by atoms with Crippen LogP contribution >= 0.6 is 0 Å². The van der Waals surface area contributed by atoms with E-state index in [0.717, 1.165) is 53.3 Å². The van der Waals surface area contributed by atoms with Crippen molar-refractivity contribution in [3.63, 3.8) is 0 Å². The molecule has 0 amide bonds. The third kappa shape index (κ3) is 1.77. The fourth-order valence-corrected chi connectivity index (χ4v) is 7.18. The predicted octanol–water partition coefficient (Wildman–Crippen LogP) is 5.38. The molecule has 9 unspecified atom stereocenters. The Balaban J connectivity index is 1.68. The molecule has 0 spiro atoms. The van der Waals surface area contributed by atoms with E-state index >= 15 is 0 Å². The SMILES string of the molecule is CC1CC2CCC3CCC(C)C4CCC(C1C)C2C34. The standard InChI is InChI=1S/C19H32/c1-11-4-5-14-6-7-15-10-12(2)13(3)17-9-8-16(11)18(14)19(15)17/h11-19H,4-10H2,1-3H3. The van der Waals surface area contributed by atoms with Crippen LogP contribution in [0.1, 0.15) is 65.7 Å². The topological polar surface area (TPSA) is 0 Å². The lowest BCUT2D eigenvalue weighted by atomic mass is 9.44. The van der Waals surface area contributed by atoms with E-state index in [1.54, 1.807) is 44.9 Å². The highest BCUT2D eigenvalue weighted by atomic mass is 14.6. The van der Waals surface area contributed by atoms with Crippen molar-refractivity contribution in [2.24, 2.45) is 53.3 Å². The van der Waals surface area contributed by atoms with Crippen LogP contribution in [0.5, 0.6) is 0 Å². The van der Waals surface area contributed by atoms with Gasteiger partial charge in [0.15, 0.2) is 0 Å². The third-order valence-electron chi connectivity index (χ3n) is 8.23. The van der Waals surface area contributed by atoms with Gasteiger partial charge in [-0.25, -0.2) is 0 Å². The second-order valence-electron chi connectivity index (χ2n) is 8.78. The van der Waals surface area contributed by atoms with E-state index in [-0.39, 0.29) is 0 Å². The van der Waals surface area contributed by atoms with Gasteiger partial charge in [-0.3, -0.25) is 0 Å². The smallest absolute Gasteiger partial charge is 0.0321 e. The van der Waals surface area contributed by atoms with Crippen molar-refractivity contribution in [1.29, 1.82) is 0 Å². The molecule has 0 heteroatoms. The molecule has 19 heavy (non-hydrogen) atoms. The highest BCUT2D eigenvalue weighted by molar-refractivity contribution is 5.04. The van der Waals surface area contributed by atoms with Gasteiger partial charge >= 0.3 is 0 Å². The summed E-state index contributed by atoms with van der Waals surface area (Å²) >= 11 is 0. The summed E-state index contributed by atoms with van der Waals surface area (Å²) in [5.41, 5.74) is 0. The Morgan fingerprint density at radius 1 is 0.579 bits per heavy atom. The Hall–Kier alpha value is 0. The largest absolute Gasteiger partial charge is 0.0622 e. The summed E-state index contributed by atoms with van der Waals surface area (Å²) < 4.78 is 0. The van der Waals surface area contributed by atoms with Gasteiger partial charge in [0.1, 0.15) is 0 Å². The molecule has 108 valence electrons. The van der Waals surface area contributed by atoms with Crippen LogP contribution in [0.2, 0.25) is 0 Å². The van der Waals surface area contributed by atoms with Crippen molar-refractivity contribution in [2.45, 2.75) is 65.7 Å². The zero-order chi connectivity index (χ0) is 13.1. The average Bonchev–Trinajstić information content (AvgIpc) is 2.42. The monoisotopic (exact) mass is 260 g/mol. The molecule has 0 aliphatic heterocycles. The first-order valence-corrected chi connectivity index (χ1v) is 9.16. The summed E-state index contributed by atoms with van der Waals surface area (Å²) in [6.07, 6.45) is 11.0. The molecule has 0 saturated heterocycles. The highest BCUT2D eigenvalue weighted by Gasteiger charge is 2.55. The lowest BCUT2D eigenvalue weighted by Gasteiger charge is -2.61. The molecule has 0 bridgehead atoms. The summed E-state index contributed by atoms with van der Waals surface area (Å²) in [6.45, 7) is 7.70. The fraction of sp³-hybridized carbons (Fsp3) is 1.00. The second-order valence-corrected chi connectivity index (χ2v) is 8.78. The molecule has 4 saturated carbocycles. The molecule has 0 heterocycles. The molecule has 0 radical (unpaired) electrons. The molecule has 4 rings (SSSR count). The van der Waals surface area contributed by atoms with Gasteiger partial charge < -0.3 is 0 Å². The van der Waals surface area contributed by atoms with Crippen LogP contribution in [0.4, 0.5) is 0 Å². The molecule has 0 aromatic heterocycles. The Morgan fingerprint density at radius 2 is 1.21 bits per heavy atom. The maximum atomic E-state index is 2.59. The van der Waals surface area contributed by atoms with E-state index in [2.05, 4.69) is 20.8 Å². The molecule has 4 aliphatic carbocycles. The lowest BCUT2D eigenvalue weighted by molar-refractivity contribution is -0.121. The maximum absolute atomic E-state index is 2.59. The van der Waals surface area contributed by atoms with Gasteiger partial charge in [0.05, 0.1) is 0 Å². The molecular formula is C19H32. The quantitative estimate of drug-likeness (QED) is 0.549. The molecule has 4 fully saturated rings. The second kappa shape index (κ2) is 4.50. The van der Waals surface area contributed by atoms with Crippen molar-refractivity contribution in [2.75, 3.05) is 0 Å². The summed E-state index contributed by atoms with van der Waals surface area (Å²) in [6, 6.07) is 0. The van der Waals surface area contributed by atoms with Gasteiger partial charge in [-0.05, 0) is 91.8 Å². The Bertz CT molecular complexity index is 346. The van der Waals surface area contributed by atoms with E-state index in [4.69, 9.17) is 0 Å². The maximum Gasteiger partial charge on any atom is -0.0321 e. The van der Waals surface area contributed by atoms with Crippen molar-refractivity contribution < 1.29 is 0 Å². The van der Waals surface area contributed by atoms with Gasteiger partial charge in [-0.1, -0.05) is 27.2 Å². The number of rotatable bonds is 0. The molecule has 0 N–H and O–H groups in total. The minimum atomic E-state index is 1.00. The van der Waals surface area contributed by atoms with Gasteiger partial charge in [-0.15, -0.1) is 0 Å². The number of hydrogen-bond donors (Lipinski definition) is 0. The molecule has 0 aromatic rings. The highest BCUT2D eigenvalue weighted by Crippen LogP contribution is 2.62. The molecule has 4 aliphatic rings. The Labute approximate surface area is 119 Å². The van der Waals surface area contributed by atoms with Gasteiger partial charge in [0.25, 0.3) is 0 Å². The van der Waals surface area contributed by atoms with Crippen molar-refractivity contribution in [1.82, 2.24) is 0 Å². The zero-order valence-electron chi connectivity index (χ0n) is 13.1. The molecular weight excluding hydrogens is 228 g/mol. The van der Waals surface area contributed by atoms with Crippen LogP contribution in [0, 0.1) is 53.3 Å². The van der Waals surface area contributed by atoms with E-state index in [0.29, 0.717) is 0 Å². The van der Waals surface area contributed by atoms with Gasteiger partial charge in [-0.2, -0.15) is 0 Å². The Kier molecular flexibility index (Phi) is 3.01. The van der Waals surface area contributed by atoms with Crippen LogP contribution in [0.25, 0.3) is 0 Å². The molecule has 0 nitrogen and oxygen atoms in total. The van der Waals surface area contributed by atoms with E-state index in [1.807, 2.05) is 0 Å². The van der Waals surface area contributed by atoms with Crippen LogP contribution in [-0.4, -0.2) is 0 Å². The van der Waals surface area contributed by atoms with Crippen LogP contribution in [0.15, 0.2) is 0 Å². The first-order valence-electron chi connectivity index (χ1n) is 9.16.